The first-order valence-corrected chi connectivity index (χ1v) is 10.5. The van der Waals surface area contributed by atoms with E-state index in [9.17, 15) is 14.4 Å². The van der Waals surface area contributed by atoms with Gasteiger partial charge in [-0.3, -0.25) is 0 Å². The summed E-state index contributed by atoms with van der Waals surface area (Å²) in [4.78, 5) is 37.2. The Kier molecular flexibility index (Phi) is 7.30. The molecule has 2 atom stereocenters. The molecule has 0 radical (unpaired) electrons. The fourth-order valence-electron chi connectivity index (χ4n) is 3.39. The fourth-order valence-corrected chi connectivity index (χ4v) is 3.39. The van der Waals surface area contributed by atoms with Gasteiger partial charge in [-0.1, -0.05) is 50.6 Å². The van der Waals surface area contributed by atoms with Crippen molar-refractivity contribution in [3.8, 4) is 5.75 Å². The van der Waals surface area contributed by atoms with Gasteiger partial charge in [-0.15, -0.1) is 0 Å². The van der Waals surface area contributed by atoms with Crippen LogP contribution in [0.25, 0.3) is 11.0 Å². The summed E-state index contributed by atoms with van der Waals surface area (Å²) in [5.41, 5.74) is 2.11. The molecule has 32 heavy (non-hydrogen) atoms. The molecule has 0 bridgehead atoms. The van der Waals surface area contributed by atoms with Crippen molar-refractivity contribution in [1.29, 1.82) is 0 Å². The number of aryl methyl sites for hydroxylation is 2. The van der Waals surface area contributed by atoms with Crippen molar-refractivity contribution in [2.75, 3.05) is 0 Å². The molecule has 7 nitrogen and oxygen atoms in total. The average Bonchev–Trinajstić information content (AvgIpc) is 2.75. The molecule has 1 N–H and O–H groups in total. The molecule has 0 aliphatic rings. The average molecular weight is 437 g/mol. The number of carbonyl (C=O) groups excluding carboxylic acids is 2. The molecule has 0 unspecified atom stereocenters. The van der Waals surface area contributed by atoms with Gasteiger partial charge in [-0.25, -0.2) is 14.4 Å². The van der Waals surface area contributed by atoms with E-state index in [4.69, 9.17) is 13.9 Å². The van der Waals surface area contributed by atoms with Crippen LogP contribution in [0.5, 0.6) is 5.75 Å². The van der Waals surface area contributed by atoms with Crippen LogP contribution in [0.2, 0.25) is 0 Å². The molecule has 2 aromatic carbocycles. The fraction of sp³-hybridized carbons (Fsp3) is 0.320. The third-order valence-electron chi connectivity index (χ3n) is 5.31. The van der Waals surface area contributed by atoms with E-state index in [1.807, 2.05) is 51.1 Å². The summed E-state index contributed by atoms with van der Waals surface area (Å²) in [5, 5.41) is 3.18. The Hall–Kier alpha value is -3.61. The first-order valence-electron chi connectivity index (χ1n) is 10.5. The number of ether oxygens (including phenoxy) is 2. The summed E-state index contributed by atoms with van der Waals surface area (Å²) in [7, 11) is 0. The molecule has 3 aromatic rings. The van der Waals surface area contributed by atoms with E-state index in [2.05, 4.69) is 5.32 Å². The maximum atomic E-state index is 13.1. The van der Waals surface area contributed by atoms with Gasteiger partial charge in [0.1, 0.15) is 24.0 Å². The summed E-state index contributed by atoms with van der Waals surface area (Å²) >= 11 is 0. The maximum Gasteiger partial charge on any atom is 0.408 e. The SMILES string of the molecule is CC[C@@H](C)[C@H](NC(=O)OCc1ccccc1)C(=O)Oc1cc(C)cc2oc(=O)cc(C)c12. The zero-order valence-corrected chi connectivity index (χ0v) is 18.6. The summed E-state index contributed by atoms with van der Waals surface area (Å²) in [6, 6.07) is 13.1. The van der Waals surface area contributed by atoms with E-state index in [0.717, 1.165) is 11.1 Å². The number of benzene rings is 2. The minimum atomic E-state index is -0.908. The van der Waals surface area contributed by atoms with E-state index in [0.29, 0.717) is 23.0 Å². The number of nitrogens with one attached hydrogen (secondary N) is 1. The number of hydrogen-bond donors (Lipinski definition) is 1. The number of carbonyl (C=O) groups is 2. The second kappa shape index (κ2) is 10.1. The van der Waals surface area contributed by atoms with E-state index < -0.39 is 23.7 Å². The van der Waals surface area contributed by atoms with E-state index >= 15 is 0 Å². The van der Waals surface area contributed by atoms with Crippen molar-refractivity contribution in [2.24, 2.45) is 5.92 Å². The minimum Gasteiger partial charge on any atom is -0.445 e. The van der Waals surface area contributed by atoms with E-state index in [-0.39, 0.29) is 18.3 Å². The highest BCUT2D eigenvalue weighted by atomic mass is 16.6. The standard InChI is InChI=1S/C25H27NO6/c1-5-16(3)23(26-25(29)30-14-18-9-7-6-8-10-18)24(28)32-20-12-15(2)11-19-22(20)17(4)13-21(27)31-19/h6-13,16,23H,5,14H2,1-4H3,(H,26,29)/t16-,23+/m1/s1. The molecule has 0 spiro atoms. The number of hydrogen-bond acceptors (Lipinski definition) is 6. The van der Waals surface area contributed by atoms with Crippen LogP contribution in [-0.4, -0.2) is 18.1 Å². The molecule has 3 rings (SSSR count). The quantitative estimate of drug-likeness (QED) is 0.328. The van der Waals surface area contributed by atoms with Gasteiger partial charge in [-0.05, 0) is 48.6 Å². The normalized spacial score (nSPS) is 12.8. The molecular formula is C25H27NO6. The van der Waals surface area contributed by atoms with Crippen molar-refractivity contribution in [2.45, 2.75) is 46.8 Å². The predicted octanol–water partition coefficient (Wildman–Crippen LogP) is 4.66. The van der Waals surface area contributed by atoms with Gasteiger partial charge < -0.3 is 19.2 Å². The lowest BCUT2D eigenvalue weighted by molar-refractivity contribution is -0.137. The Morgan fingerprint density at radius 1 is 1.09 bits per heavy atom. The summed E-state index contributed by atoms with van der Waals surface area (Å²) in [5.74, 6) is -0.533. The van der Waals surface area contributed by atoms with Gasteiger partial charge in [0.05, 0.1) is 5.39 Å². The Bertz CT molecular complexity index is 1170. The van der Waals surface area contributed by atoms with Crippen LogP contribution in [0.4, 0.5) is 4.79 Å². The number of rotatable bonds is 7. The second-order valence-corrected chi connectivity index (χ2v) is 7.88. The van der Waals surface area contributed by atoms with Crippen LogP contribution < -0.4 is 15.7 Å². The molecule has 0 saturated heterocycles. The topological polar surface area (TPSA) is 94.8 Å². The van der Waals surface area contributed by atoms with E-state index in [1.54, 1.807) is 19.1 Å². The van der Waals surface area contributed by atoms with Gasteiger partial charge in [-0.2, -0.15) is 0 Å². The van der Waals surface area contributed by atoms with Crippen molar-refractivity contribution < 1.29 is 23.5 Å². The molecular weight excluding hydrogens is 410 g/mol. The summed E-state index contributed by atoms with van der Waals surface area (Å²) in [6.07, 6.45) is -0.0614. The molecule has 7 heteroatoms. The Balaban J connectivity index is 1.79. The Morgan fingerprint density at radius 3 is 2.50 bits per heavy atom. The van der Waals surface area contributed by atoms with Crippen LogP contribution in [0, 0.1) is 19.8 Å². The molecule has 168 valence electrons. The number of esters is 1. The molecule has 0 aliphatic carbocycles. The first-order chi connectivity index (χ1) is 15.3. The largest absolute Gasteiger partial charge is 0.445 e. The lowest BCUT2D eigenvalue weighted by atomic mass is 9.99. The lowest BCUT2D eigenvalue weighted by Crippen LogP contribution is -2.47. The summed E-state index contributed by atoms with van der Waals surface area (Å²) in [6.45, 7) is 7.42. The van der Waals surface area contributed by atoms with Crippen molar-refractivity contribution in [1.82, 2.24) is 5.32 Å². The highest BCUT2D eigenvalue weighted by Crippen LogP contribution is 2.30. The minimum absolute atomic E-state index is 0.0929. The Morgan fingerprint density at radius 2 is 1.81 bits per heavy atom. The molecule has 1 heterocycles. The van der Waals surface area contributed by atoms with Crippen LogP contribution in [-0.2, 0) is 16.1 Å². The van der Waals surface area contributed by atoms with E-state index in [1.165, 1.54) is 6.07 Å². The zero-order valence-electron chi connectivity index (χ0n) is 18.6. The lowest BCUT2D eigenvalue weighted by Gasteiger charge is -2.23. The van der Waals surface area contributed by atoms with Gasteiger partial charge in [0, 0.05) is 6.07 Å². The van der Waals surface area contributed by atoms with Gasteiger partial charge in [0.25, 0.3) is 0 Å². The molecule has 1 aromatic heterocycles. The third kappa shape index (κ3) is 5.55. The highest BCUT2D eigenvalue weighted by molar-refractivity contribution is 5.91. The number of amides is 1. The highest BCUT2D eigenvalue weighted by Gasteiger charge is 2.29. The van der Waals surface area contributed by atoms with Gasteiger partial charge in [0.15, 0.2) is 0 Å². The molecule has 0 aliphatic heterocycles. The zero-order chi connectivity index (χ0) is 23.3. The van der Waals surface area contributed by atoms with Gasteiger partial charge >= 0.3 is 17.7 Å². The molecule has 1 amide bonds. The van der Waals surface area contributed by atoms with Crippen molar-refractivity contribution >= 4 is 23.0 Å². The monoisotopic (exact) mass is 437 g/mol. The van der Waals surface area contributed by atoms with Crippen LogP contribution in [0.15, 0.2) is 57.7 Å². The van der Waals surface area contributed by atoms with Crippen LogP contribution in [0.1, 0.15) is 37.0 Å². The second-order valence-electron chi connectivity index (χ2n) is 7.88. The molecule has 0 saturated carbocycles. The van der Waals surface area contributed by atoms with Gasteiger partial charge in [0.2, 0.25) is 0 Å². The van der Waals surface area contributed by atoms with Crippen LogP contribution >= 0.6 is 0 Å². The molecule has 0 fully saturated rings. The first kappa shape index (κ1) is 23.1. The van der Waals surface area contributed by atoms with Crippen molar-refractivity contribution in [3.63, 3.8) is 0 Å². The number of fused-ring (bicyclic) bond motifs is 1. The van der Waals surface area contributed by atoms with Crippen molar-refractivity contribution in [3.05, 3.63) is 75.6 Å². The van der Waals surface area contributed by atoms with Crippen LogP contribution in [0.3, 0.4) is 0 Å². The third-order valence-corrected chi connectivity index (χ3v) is 5.31. The Labute approximate surface area is 186 Å². The smallest absolute Gasteiger partial charge is 0.408 e. The summed E-state index contributed by atoms with van der Waals surface area (Å²) < 4.78 is 16.3. The maximum absolute atomic E-state index is 13.1. The predicted molar refractivity (Wildman–Crippen MR) is 121 cm³/mol. The number of alkyl carbamates (subject to hydrolysis) is 1.